The fraction of sp³-hybridized carbons (Fsp3) is 0.581. The van der Waals surface area contributed by atoms with E-state index in [9.17, 15) is 19.0 Å². The minimum absolute atomic E-state index is 0. The zero-order valence-electron chi connectivity index (χ0n) is 33.1. The van der Waals surface area contributed by atoms with E-state index in [0.29, 0.717) is 25.7 Å². The Balaban J connectivity index is 0. The average molecular weight is 767 g/mol. The summed E-state index contributed by atoms with van der Waals surface area (Å²) in [6, 6.07) is 0. The molecule has 0 saturated carbocycles. The molecule has 0 aromatic carbocycles. The molecule has 0 saturated heterocycles. The molecular weight excluding hydrogens is 698 g/mol. The molecule has 0 rings (SSSR count). The third kappa shape index (κ3) is 44.3. The van der Waals surface area contributed by atoms with Gasteiger partial charge in [0.2, 0.25) is 0 Å². The van der Waals surface area contributed by atoms with Crippen LogP contribution in [0.2, 0.25) is 0 Å². The third-order valence-electron chi connectivity index (χ3n) is 7.57. The summed E-state index contributed by atoms with van der Waals surface area (Å²) in [6.45, 7) is 3.42. The molecule has 0 bridgehead atoms. The Morgan fingerprint density at radius 1 is 0.547 bits per heavy atom. The summed E-state index contributed by atoms with van der Waals surface area (Å²) in [5.74, 6) is -1.06. The molecule has 0 radical (unpaired) electrons. The minimum Gasteiger partial charge on any atom is -0.756 e. The standard InChI is InChI=1S/C43H69O8P.Na/c1-3-5-7-9-11-13-15-17-19-21-23-25-27-29-31-33-35-37-42(44)49-39-41(40-50-52(46,47)48)51-43(45)38-36-34-32-30-28-26-24-22-20-18-16-14-12-10-8-6-4-2;/h11-14,17-20,23-26,29-32,41H,3-10,15-16,21-22,27-28,33-40H2,1-2H3,(H2,46,47,48);/q;+1/p-1/b13-11+,14-12+,19-17+,20-18+,25-23+,26-24+,31-29+,32-30+;/t41-;/m1./s1. The van der Waals surface area contributed by atoms with Crippen molar-refractivity contribution < 1.29 is 67.5 Å². The number of rotatable bonds is 34. The first kappa shape index (κ1) is 53.1. The van der Waals surface area contributed by atoms with Crippen LogP contribution in [0, 0.1) is 0 Å². The molecule has 0 aliphatic carbocycles. The van der Waals surface area contributed by atoms with Crippen molar-refractivity contribution in [3.63, 3.8) is 0 Å². The summed E-state index contributed by atoms with van der Waals surface area (Å²) >= 11 is 0. The number of carbonyl (C=O) groups is 2. The van der Waals surface area contributed by atoms with Crippen LogP contribution in [-0.2, 0) is 28.2 Å². The van der Waals surface area contributed by atoms with Crippen molar-refractivity contribution in [1.29, 1.82) is 0 Å². The molecule has 294 valence electrons. The van der Waals surface area contributed by atoms with Crippen molar-refractivity contribution in [2.45, 2.75) is 148 Å². The van der Waals surface area contributed by atoms with Gasteiger partial charge in [0.15, 0.2) is 6.10 Å². The normalized spacial score (nSPS) is 14.2. The Hall–Kier alpha value is -2.03. The first-order valence-corrected chi connectivity index (χ1v) is 21.0. The van der Waals surface area contributed by atoms with Crippen LogP contribution in [0.25, 0.3) is 0 Å². The van der Waals surface area contributed by atoms with E-state index in [0.717, 1.165) is 51.4 Å². The predicted molar refractivity (Wildman–Crippen MR) is 213 cm³/mol. The van der Waals surface area contributed by atoms with Crippen molar-refractivity contribution in [3.8, 4) is 0 Å². The van der Waals surface area contributed by atoms with Crippen LogP contribution in [0.3, 0.4) is 0 Å². The van der Waals surface area contributed by atoms with Crippen LogP contribution >= 0.6 is 7.82 Å². The Morgan fingerprint density at radius 3 is 1.25 bits per heavy atom. The smallest absolute Gasteiger partial charge is 0.756 e. The number of hydrogen-bond donors (Lipinski definition) is 1. The summed E-state index contributed by atoms with van der Waals surface area (Å²) in [7, 11) is -5.04. The van der Waals surface area contributed by atoms with Gasteiger partial charge in [-0.05, 0) is 89.9 Å². The number of phosphoric acid groups is 1. The van der Waals surface area contributed by atoms with E-state index in [1.54, 1.807) is 0 Å². The second-order valence-corrected chi connectivity index (χ2v) is 13.7. The van der Waals surface area contributed by atoms with Crippen LogP contribution < -0.4 is 34.5 Å². The largest absolute Gasteiger partial charge is 1.00 e. The number of phosphoric ester groups is 1. The molecule has 53 heavy (non-hydrogen) atoms. The molecule has 0 heterocycles. The molecule has 0 fully saturated rings. The van der Waals surface area contributed by atoms with Crippen molar-refractivity contribution in [3.05, 3.63) is 97.2 Å². The molecule has 1 N–H and O–H groups in total. The quantitative estimate of drug-likeness (QED) is 0.0229. The number of esters is 2. The van der Waals surface area contributed by atoms with Gasteiger partial charge in [-0.2, -0.15) is 0 Å². The van der Waals surface area contributed by atoms with Crippen molar-refractivity contribution >= 4 is 19.8 Å². The Bertz CT molecular complexity index is 1160. The van der Waals surface area contributed by atoms with Crippen LogP contribution in [0.1, 0.15) is 142 Å². The number of ether oxygens (including phenoxy) is 2. The number of carbonyl (C=O) groups excluding carboxylic acids is 2. The minimum atomic E-state index is -5.04. The maximum absolute atomic E-state index is 12.3. The van der Waals surface area contributed by atoms with E-state index < -0.39 is 32.5 Å². The third-order valence-corrected chi connectivity index (χ3v) is 8.05. The van der Waals surface area contributed by atoms with Crippen molar-refractivity contribution in [2.75, 3.05) is 13.2 Å². The maximum atomic E-state index is 12.3. The molecule has 0 aliphatic rings. The summed E-state index contributed by atoms with van der Waals surface area (Å²) in [4.78, 5) is 44.6. The van der Waals surface area contributed by atoms with Crippen LogP contribution in [0.15, 0.2) is 97.2 Å². The first-order valence-electron chi connectivity index (χ1n) is 19.5. The zero-order valence-corrected chi connectivity index (χ0v) is 36.0. The molecule has 0 amide bonds. The molecule has 1 unspecified atom stereocenters. The molecule has 0 aromatic rings. The fourth-order valence-corrected chi connectivity index (χ4v) is 5.00. The molecule has 2 atom stereocenters. The number of allylic oxidation sites excluding steroid dienone is 16. The van der Waals surface area contributed by atoms with E-state index in [-0.39, 0.29) is 49.0 Å². The van der Waals surface area contributed by atoms with E-state index >= 15 is 0 Å². The second kappa shape index (κ2) is 41.1. The Kier molecular flexibility index (Phi) is 41.2. The first-order chi connectivity index (χ1) is 25.3. The molecule has 0 spiro atoms. The van der Waals surface area contributed by atoms with Crippen LogP contribution in [-0.4, -0.2) is 36.1 Å². The van der Waals surface area contributed by atoms with E-state index in [1.807, 2.05) is 18.2 Å². The Morgan fingerprint density at radius 2 is 0.887 bits per heavy atom. The summed E-state index contributed by atoms with van der Waals surface area (Å²) in [6.07, 6.45) is 51.1. The van der Waals surface area contributed by atoms with Crippen LogP contribution in [0.4, 0.5) is 0 Å². The summed E-state index contributed by atoms with van der Waals surface area (Å²) in [5, 5.41) is 0. The van der Waals surface area contributed by atoms with Gasteiger partial charge in [0.25, 0.3) is 7.82 Å². The topological polar surface area (TPSA) is 122 Å². The number of hydrogen-bond acceptors (Lipinski definition) is 7. The summed E-state index contributed by atoms with van der Waals surface area (Å²) in [5.41, 5.74) is 0. The average Bonchev–Trinajstić information content (AvgIpc) is 3.11. The second-order valence-electron chi connectivity index (χ2n) is 12.5. The fourth-order valence-electron chi connectivity index (χ4n) is 4.65. The van der Waals surface area contributed by atoms with E-state index in [4.69, 9.17) is 14.4 Å². The molecule has 8 nitrogen and oxygen atoms in total. The molecule has 10 heteroatoms. The molecular formula is C43H68NaO8P. The van der Waals surface area contributed by atoms with Gasteiger partial charge >= 0.3 is 41.5 Å². The van der Waals surface area contributed by atoms with Gasteiger partial charge in [-0.1, -0.05) is 137 Å². The molecule has 0 aromatic heterocycles. The molecule has 0 aliphatic heterocycles. The van der Waals surface area contributed by atoms with Gasteiger partial charge in [0, 0.05) is 12.8 Å². The SMILES string of the molecule is CCCCC/C=C/C/C=C/C/C=C/C/C=C/CCCC(=O)OC[C@H](COP(=O)([O-])O)OC(=O)CCC/C=C/C/C=C/C/C=C/C/C=C/CCCCC.[Na+]. The number of unbranched alkanes of at least 4 members (excludes halogenated alkanes) is 8. The van der Waals surface area contributed by atoms with Gasteiger partial charge in [-0.3, -0.25) is 14.2 Å². The zero-order chi connectivity index (χ0) is 38.2. The Labute approximate surface area is 344 Å². The van der Waals surface area contributed by atoms with Gasteiger partial charge in [0.1, 0.15) is 6.61 Å². The van der Waals surface area contributed by atoms with Gasteiger partial charge in [0.05, 0.1) is 6.61 Å². The van der Waals surface area contributed by atoms with E-state index in [2.05, 4.69) is 97.4 Å². The maximum Gasteiger partial charge on any atom is 1.00 e. The van der Waals surface area contributed by atoms with Crippen LogP contribution in [0.5, 0.6) is 0 Å². The summed E-state index contributed by atoms with van der Waals surface area (Å²) < 4.78 is 25.9. The van der Waals surface area contributed by atoms with Gasteiger partial charge in [-0.25, -0.2) is 0 Å². The van der Waals surface area contributed by atoms with Gasteiger partial charge in [-0.15, -0.1) is 0 Å². The van der Waals surface area contributed by atoms with Crippen molar-refractivity contribution in [2.24, 2.45) is 0 Å². The predicted octanol–water partition coefficient (Wildman–Crippen LogP) is 8.21. The van der Waals surface area contributed by atoms with Crippen molar-refractivity contribution in [1.82, 2.24) is 0 Å². The van der Waals surface area contributed by atoms with Gasteiger partial charge < -0.3 is 23.8 Å². The van der Waals surface area contributed by atoms with E-state index in [1.165, 1.54) is 38.5 Å². The monoisotopic (exact) mass is 766 g/mol.